The van der Waals surface area contributed by atoms with Crippen molar-refractivity contribution in [3.8, 4) is 5.75 Å². The summed E-state index contributed by atoms with van der Waals surface area (Å²) in [6, 6.07) is 9.10. The molecule has 1 unspecified atom stereocenters. The van der Waals surface area contributed by atoms with Gasteiger partial charge in [0, 0.05) is 11.3 Å². The Morgan fingerprint density at radius 1 is 1.33 bits per heavy atom. The molecule has 0 aliphatic carbocycles. The van der Waals surface area contributed by atoms with E-state index in [2.05, 4.69) is 25.3 Å². The van der Waals surface area contributed by atoms with E-state index in [1.54, 1.807) is 23.9 Å². The summed E-state index contributed by atoms with van der Waals surface area (Å²) in [5.74, 6) is 0.244. The zero-order valence-corrected chi connectivity index (χ0v) is 11.3. The molecule has 1 heterocycles. The Bertz CT molecular complexity index is 475. The van der Waals surface area contributed by atoms with E-state index in [0.717, 1.165) is 0 Å². The van der Waals surface area contributed by atoms with Crippen LogP contribution in [0, 0.1) is 5.41 Å². The van der Waals surface area contributed by atoms with Gasteiger partial charge in [0.05, 0.1) is 0 Å². The van der Waals surface area contributed by atoms with Crippen molar-refractivity contribution in [1.29, 1.82) is 0 Å². The molecule has 1 aromatic carbocycles. The smallest absolute Gasteiger partial charge is 0.335 e. The largest absolute Gasteiger partial charge is 0.423 e. The highest BCUT2D eigenvalue weighted by atomic mass is 32.2. The molecule has 1 aliphatic heterocycles. The fraction of sp³-hybridized carbons (Fsp3) is 0.267. The Hall–Kier alpha value is -1.48. The Morgan fingerprint density at radius 2 is 2.06 bits per heavy atom. The van der Waals surface area contributed by atoms with E-state index in [9.17, 15) is 4.79 Å². The average Bonchev–Trinajstić information content (AvgIpc) is 2.67. The van der Waals surface area contributed by atoms with E-state index in [0.29, 0.717) is 11.0 Å². The lowest BCUT2D eigenvalue weighted by Crippen LogP contribution is -2.19. The molecule has 18 heavy (non-hydrogen) atoms. The Kier molecular flexibility index (Phi) is 3.92. The molecule has 1 atom stereocenters. The van der Waals surface area contributed by atoms with Crippen LogP contribution in [0.5, 0.6) is 5.75 Å². The topological polar surface area (TPSA) is 26.3 Å². The van der Waals surface area contributed by atoms with Crippen LogP contribution < -0.4 is 4.74 Å². The maximum Gasteiger partial charge on any atom is 0.335 e. The first-order valence-corrected chi connectivity index (χ1v) is 6.80. The number of hydrogen-bond acceptors (Lipinski definition) is 3. The number of carbonyl (C=O) groups is 1. The molecule has 0 amide bonds. The Labute approximate surface area is 112 Å². The second-order valence-electron chi connectivity index (χ2n) is 4.77. The van der Waals surface area contributed by atoms with E-state index in [-0.39, 0.29) is 11.4 Å². The Balaban J connectivity index is 1.92. The molecule has 0 fully saturated rings. The van der Waals surface area contributed by atoms with Crippen molar-refractivity contribution < 1.29 is 9.53 Å². The summed E-state index contributed by atoms with van der Waals surface area (Å²) in [6.07, 6.45) is 5.59. The third kappa shape index (κ3) is 3.26. The van der Waals surface area contributed by atoms with E-state index < -0.39 is 0 Å². The second-order valence-corrected chi connectivity index (χ2v) is 5.83. The van der Waals surface area contributed by atoms with Gasteiger partial charge in [-0.05, 0) is 23.0 Å². The van der Waals surface area contributed by atoms with Crippen LogP contribution in [0.15, 0.2) is 54.0 Å². The monoisotopic (exact) mass is 260 g/mol. The molecule has 1 aliphatic rings. The number of ether oxygens (including phenoxy) is 1. The molecule has 0 saturated carbocycles. The van der Waals surface area contributed by atoms with Gasteiger partial charge in [-0.3, -0.25) is 0 Å². The minimum atomic E-state index is -0.329. The minimum absolute atomic E-state index is 0.0915. The van der Waals surface area contributed by atoms with Crippen LogP contribution in [0.1, 0.15) is 13.8 Å². The summed E-state index contributed by atoms with van der Waals surface area (Å²) in [4.78, 5) is 11.6. The zero-order valence-electron chi connectivity index (χ0n) is 10.5. The van der Waals surface area contributed by atoms with Gasteiger partial charge in [0.25, 0.3) is 0 Å². The summed E-state index contributed by atoms with van der Waals surface area (Å²) in [5, 5.41) is 2.37. The van der Waals surface area contributed by atoms with Gasteiger partial charge in [0.15, 0.2) is 0 Å². The van der Waals surface area contributed by atoms with Crippen LogP contribution in [0.2, 0.25) is 0 Å². The second kappa shape index (κ2) is 5.44. The van der Waals surface area contributed by atoms with Gasteiger partial charge in [-0.2, -0.15) is 0 Å². The van der Waals surface area contributed by atoms with Crippen molar-refractivity contribution in [2.75, 3.05) is 0 Å². The standard InChI is InChI=1S/C15H16O2S/c1-15(2)10-11-18-13(15)8-9-14(16)17-12-6-4-3-5-7-12/h3-11,13H,1-2H3. The van der Waals surface area contributed by atoms with Gasteiger partial charge in [-0.15, -0.1) is 11.8 Å². The van der Waals surface area contributed by atoms with Crippen molar-refractivity contribution in [3.05, 3.63) is 54.0 Å². The predicted octanol–water partition coefficient (Wildman–Crippen LogP) is 3.80. The van der Waals surface area contributed by atoms with E-state index in [1.807, 2.05) is 24.3 Å². The molecule has 94 valence electrons. The highest BCUT2D eigenvalue weighted by Crippen LogP contribution is 2.40. The predicted molar refractivity (Wildman–Crippen MR) is 75.5 cm³/mol. The van der Waals surface area contributed by atoms with Gasteiger partial charge < -0.3 is 4.74 Å². The number of esters is 1. The minimum Gasteiger partial charge on any atom is -0.423 e. The van der Waals surface area contributed by atoms with Gasteiger partial charge in [0.2, 0.25) is 0 Å². The van der Waals surface area contributed by atoms with Crippen LogP contribution in [-0.2, 0) is 4.79 Å². The number of para-hydroxylation sites is 1. The third-order valence-electron chi connectivity index (χ3n) is 2.82. The molecule has 0 radical (unpaired) electrons. The van der Waals surface area contributed by atoms with Crippen LogP contribution >= 0.6 is 11.8 Å². The fourth-order valence-electron chi connectivity index (χ4n) is 1.67. The van der Waals surface area contributed by atoms with Crippen molar-refractivity contribution in [1.82, 2.24) is 0 Å². The molecule has 0 spiro atoms. The van der Waals surface area contributed by atoms with Crippen LogP contribution in [0.3, 0.4) is 0 Å². The quantitative estimate of drug-likeness (QED) is 0.470. The summed E-state index contributed by atoms with van der Waals surface area (Å²) in [7, 11) is 0. The first-order chi connectivity index (χ1) is 8.58. The highest BCUT2D eigenvalue weighted by molar-refractivity contribution is 8.03. The van der Waals surface area contributed by atoms with Gasteiger partial charge in [-0.25, -0.2) is 4.79 Å². The van der Waals surface area contributed by atoms with Crippen LogP contribution in [0.4, 0.5) is 0 Å². The van der Waals surface area contributed by atoms with Gasteiger partial charge in [-0.1, -0.05) is 44.2 Å². The molecule has 3 heteroatoms. The number of thioether (sulfide) groups is 1. The molecule has 0 aromatic heterocycles. The molecule has 0 bridgehead atoms. The van der Waals surface area contributed by atoms with E-state index in [4.69, 9.17) is 4.74 Å². The van der Waals surface area contributed by atoms with Crippen molar-refractivity contribution >= 4 is 17.7 Å². The highest BCUT2D eigenvalue weighted by Gasteiger charge is 2.28. The van der Waals surface area contributed by atoms with Crippen LogP contribution in [0.25, 0.3) is 0 Å². The van der Waals surface area contributed by atoms with Crippen molar-refractivity contribution in [2.24, 2.45) is 5.41 Å². The number of carbonyl (C=O) groups excluding carboxylic acids is 1. The third-order valence-corrected chi connectivity index (χ3v) is 4.18. The fourth-order valence-corrected chi connectivity index (χ4v) is 2.86. The van der Waals surface area contributed by atoms with E-state index in [1.165, 1.54) is 6.08 Å². The van der Waals surface area contributed by atoms with Crippen molar-refractivity contribution in [2.45, 2.75) is 19.1 Å². The molecule has 2 nitrogen and oxygen atoms in total. The Morgan fingerprint density at radius 3 is 2.67 bits per heavy atom. The SMILES string of the molecule is CC1(C)C=CSC1C=CC(=O)Oc1ccccc1. The van der Waals surface area contributed by atoms with Crippen LogP contribution in [-0.4, -0.2) is 11.2 Å². The summed E-state index contributed by atoms with van der Waals surface area (Å²) >= 11 is 1.72. The van der Waals surface area contributed by atoms with E-state index >= 15 is 0 Å². The zero-order chi connectivity index (χ0) is 13.0. The maximum atomic E-state index is 11.6. The molecular weight excluding hydrogens is 244 g/mol. The molecule has 2 rings (SSSR count). The lowest BCUT2D eigenvalue weighted by Gasteiger charge is -2.21. The molecule has 1 aromatic rings. The summed E-state index contributed by atoms with van der Waals surface area (Å²) in [5.41, 5.74) is 0.0915. The number of allylic oxidation sites excluding steroid dienone is 1. The number of benzene rings is 1. The molecular formula is C15H16O2S. The summed E-state index contributed by atoms with van der Waals surface area (Å²) in [6.45, 7) is 4.31. The normalized spacial score (nSPS) is 21.3. The average molecular weight is 260 g/mol. The first-order valence-electron chi connectivity index (χ1n) is 5.86. The lowest BCUT2D eigenvalue weighted by atomic mass is 9.89. The molecule has 0 N–H and O–H groups in total. The van der Waals surface area contributed by atoms with Gasteiger partial charge >= 0.3 is 5.97 Å². The van der Waals surface area contributed by atoms with Crippen molar-refractivity contribution in [3.63, 3.8) is 0 Å². The molecule has 0 saturated heterocycles. The van der Waals surface area contributed by atoms with Gasteiger partial charge in [0.1, 0.15) is 5.75 Å². The lowest BCUT2D eigenvalue weighted by molar-refractivity contribution is -0.129. The maximum absolute atomic E-state index is 11.6. The number of rotatable bonds is 3. The summed E-state index contributed by atoms with van der Waals surface area (Å²) < 4.78 is 5.19. The first kappa shape index (κ1) is 13.0. The number of hydrogen-bond donors (Lipinski definition) is 0.